The van der Waals surface area contributed by atoms with E-state index in [2.05, 4.69) is 68.2 Å². The van der Waals surface area contributed by atoms with Crippen molar-refractivity contribution in [3.63, 3.8) is 0 Å². The van der Waals surface area contributed by atoms with E-state index in [-0.39, 0.29) is 11.1 Å². The molecule has 2 atom stereocenters. The Morgan fingerprint density at radius 1 is 1.19 bits per heavy atom. The van der Waals surface area contributed by atoms with Crippen molar-refractivity contribution >= 4 is 11.2 Å². The monoisotopic (exact) mass is 419 g/mol. The Balaban J connectivity index is 1.50. The number of piperazine rings is 1. The lowest BCUT2D eigenvalue weighted by atomic mass is 9.97. The van der Waals surface area contributed by atoms with E-state index in [9.17, 15) is 4.79 Å². The standard InChI is InChI=1S/C25H33N5O/c1-16-6-7-17(13-29-14-18-11-19(29)12-26-18)10-20(16)21-8-9-22-23(27-21)28(5)24(31)30(22)15-25(2,3)4/h6-10,18-19,26H,11-15H2,1-5H3/t18-,19?/m1/s1. The number of nitrogens with zero attached hydrogens (tertiary/aromatic N) is 4. The number of nitrogens with one attached hydrogen (secondary N) is 1. The van der Waals surface area contributed by atoms with Crippen LogP contribution in [0.25, 0.3) is 22.4 Å². The molecule has 6 nitrogen and oxygen atoms in total. The Morgan fingerprint density at radius 2 is 2.00 bits per heavy atom. The SMILES string of the molecule is Cc1ccc(CN2C[C@H]3CC2CN3)cc1-c1ccc2c(n1)n(C)c(=O)n2CC(C)(C)C. The second-order valence-corrected chi connectivity index (χ2v) is 10.6. The quantitative estimate of drug-likeness (QED) is 0.705. The van der Waals surface area contributed by atoms with Crippen molar-refractivity contribution in [2.24, 2.45) is 12.5 Å². The van der Waals surface area contributed by atoms with Gasteiger partial charge in [0, 0.05) is 50.9 Å². The molecule has 2 fully saturated rings. The van der Waals surface area contributed by atoms with Crippen LogP contribution in [0.2, 0.25) is 0 Å². The number of benzene rings is 1. The van der Waals surface area contributed by atoms with Crippen LogP contribution >= 0.6 is 0 Å². The van der Waals surface area contributed by atoms with Crippen molar-refractivity contribution in [1.29, 1.82) is 0 Å². The third-order valence-corrected chi connectivity index (χ3v) is 6.75. The summed E-state index contributed by atoms with van der Waals surface area (Å²) < 4.78 is 3.53. The lowest BCUT2D eigenvalue weighted by Gasteiger charge is -2.27. The first kappa shape index (κ1) is 20.5. The summed E-state index contributed by atoms with van der Waals surface area (Å²) in [6.07, 6.45) is 1.27. The summed E-state index contributed by atoms with van der Waals surface area (Å²) in [6, 6.07) is 12.2. The summed E-state index contributed by atoms with van der Waals surface area (Å²) in [5.41, 5.74) is 6.29. The zero-order chi connectivity index (χ0) is 21.9. The minimum Gasteiger partial charge on any atom is -0.311 e. The molecule has 1 N–H and O–H groups in total. The number of aromatic nitrogens is 3. The lowest BCUT2D eigenvalue weighted by Crippen LogP contribution is -2.42. The molecule has 1 aromatic carbocycles. The molecule has 31 heavy (non-hydrogen) atoms. The van der Waals surface area contributed by atoms with Crippen LogP contribution in [0.5, 0.6) is 0 Å². The van der Waals surface area contributed by atoms with E-state index >= 15 is 0 Å². The molecule has 0 saturated carbocycles. The number of hydrogen-bond donors (Lipinski definition) is 1. The van der Waals surface area contributed by atoms with E-state index in [4.69, 9.17) is 4.98 Å². The Kier molecular flexibility index (Phi) is 4.83. The highest BCUT2D eigenvalue weighted by molar-refractivity contribution is 5.77. The van der Waals surface area contributed by atoms with Crippen LogP contribution in [0.3, 0.4) is 0 Å². The topological polar surface area (TPSA) is 55.1 Å². The average molecular weight is 420 g/mol. The van der Waals surface area contributed by atoms with Crippen LogP contribution in [0.4, 0.5) is 0 Å². The molecule has 2 bridgehead atoms. The molecule has 6 heteroatoms. The second-order valence-electron chi connectivity index (χ2n) is 10.6. The molecule has 2 aliphatic rings. The Hall–Kier alpha value is -2.44. The van der Waals surface area contributed by atoms with Crippen molar-refractivity contribution < 1.29 is 0 Å². The highest BCUT2D eigenvalue weighted by Gasteiger charge is 2.37. The summed E-state index contributed by atoms with van der Waals surface area (Å²) in [5, 5.41) is 3.58. The van der Waals surface area contributed by atoms with Gasteiger partial charge in [-0.1, -0.05) is 32.9 Å². The fraction of sp³-hybridized carbons (Fsp3) is 0.520. The van der Waals surface area contributed by atoms with Crippen molar-refractivity contribution in [2.75, 3.05) is 13.1 Å². The Labute approximate surface area is 183 Å². The number of pyridine rings is 1. The zero-order valence-corrected chi connectivity index (χ0v) is 19.3. The number of rotatable bonds is 4. The summed E-state index contributed by atoms with van der Waals surface area (Å²) in [6.45, 7) is 12.5. The first-order chi connectivity index (χ1) is 14.7. The van der Waals surface area contributed by atoms with Crippen molar-refractivity contribution in [3.05, 3.63) is 51.9 Å². The maximum absolute atomic E-state index is 12.9. The molecule has 2 aromatic heterocycles. The van der Waals surface area contributed by atoms with Crippen molar-refractivity contribution in [3.8, 4) is 11.3 Å². The summed E-state index contributed by atoms with van der Waals surface area (Å²) in [5.74, 6) is 0. The average Bonchev–Trinajstić information content (AvgIpc) is 3.39. The summed E-state index contributed by atoms with van der Waals surface area (Å²) in [7, 11) is 1.82. The van der Waals surface area contributed by atoms with Gasteiger partial charge >= 0.3 is 5.69 Å². The maximum Gasteiger partial charge on any atom is 0.330 e. The minimum absolute atomic E-state index is 0.00209. The fourth-order valence-electron chi connectivity index (χ4n) is 5.17. The molecule has 0 spiro atoms. The van der Waals surface area contributed by atoms with E-state index < -0.39 is 0 Å². The van der Waals surface area contributed by atoms with Crippen molar-refractivity contribution in [2.45, 2.75) is 59.3 Å². The zero-order valence-electron chi connectivity index (χ0n) is 19.3. The normalized spacial score (nSPS) is 21.5. The molecule has 164 valence electrons. The first-order valence-electron chi connectivity index (χ1n) is 11.3. The maximum atomic E-state index is 12.9. The van der Waals surface area contributed by atoms with Crippen LogP contribution in [0.15, 0.2) is 35.1 Å². The van der Waals surface area contributed by atoms with Gasteiger partial charge in [0.05, 0.1) is 11.2 Å². The third kappa shape index (κ3) is 3.72. The molecule has 5 rings (SSSR count). The van der Waals surface area contributed by atoms with Gasteiger partial charge in [-0.15, -0.1) is 0 Å². The molecule has 0 aliphatic carbocycles. The van der Waals surface area contributed by atoms with E-state index in [1.165, 1.54) is 17.5 Å². The second kappa shape index (κ2) is 7.31. The van der Waals surface area contributed by atoms with Gasteiger partial charge in [0.2, 0.25) is 0 Å². The van der Waals surface area contributed by atoms with Gasteiger partial charge in [0.25, 0.3) is 0 Å². The number of likely N-dealkylation sites (tertiary alicyclic amines) is 1. The van der Waals surface area contributed by atoms with Crippen LogP contribution in [-0.2, 0) is 20.1 Å². The van der Waals surface area contributed by atoms with E-state index in [1.807, 2.05) is 11.6 Å². The highest BCUT2D eigenvalue weighted by atomic mass is 16.1. The van der Waals surface area contributed by atoms with Gasteiger partial charge in [-0.3, -0.25) is 14.0 Å². The van der Waals surface area contributed by atoms with Crippen molar-refractivity contribution in [1.82, 2.24) is 24.3 Å². The van der Waals surface area contributed by atoms with Gasteiger partial charge in [-0.25, -0.2) is 9.78 Å². The largest absolute Gasteiger partial charge is 0.330 e. The van der Waals surface area contributed by atoms with E-state index in [0.717, 1.165) is 42.1 Å². The lowest BCUT2D eigenvalue weighted by molar-refractivity contribution is 0.218. The number of hydrogen-bond acceptors (Lipinski definition) is 4. The minimum atomic E-state index is -0.00209. The van der Waals surface area contributed by atoms with Crippen LogP contribution in [-0.4, -0.2) is 44.2 Å². The molecule has 3 aromatic rings. The highest BCUT2D eigenvalue weighted by Crippen LogP contribution is 2.29. The molecule has 0 radical (unpaired) electrons. The summed E-state index contributed by atoms with van der Waals surface area (Å²) in [4.78, 5) is 20.4. The molecule has 2 aliphatic heterocycles. The number of imidazole rings is 1. The van der Waals surface area contributed by atoms with Gasteiger partial charge < -0.3 is 5.32 Å². The molecule has 4 heterocycles. The first-order valence-corrected chi connectivity index (χ1v) is 11.3. The third-order valence-electron chi connectivity index (χ3n) is 6.75. The molecular formula is C25H33N5O. The molecule has 1 unspecified atom stereocenters. The fourth-order valence-corrected chi connectivity index (χ4v) is 5.17. The molecule has 0 amide bonds. The summed E-state index contributed by atoms with van der Waals surface area (Å²) >= 11 is 0. The molecule has 2 saturated heterocycles. The van der Waals surface area contributed by atoms with Crippen LogP contribution in [0, 0.1) is 12.3 Å². The van der Waals surface area contributed by atoms with Gasteiger partial charge in [-0.05, 0) is 48.1 Å². The number of aryl methyl sites for hydroxylation is 2. The Bertz CT molecular complexity index is 1200. The predicted octanol–water partition coefficient (Wildman–Crippen LogP) is 3.30. The van der Waals surface area contributed by atoms with Gasteiger partial charge in [0.1, 0.15) is 0 Å². The number of fused-ring (bicyclic) bond motifs is 3. The Morgan fingerprint density at radius 3 is 2.68 bits per heavy atom. The van der Waals surface area contributed by atoms with E-state index in [1.54, 1.807) is 4.57 Å². The smallest absolute Gasteiger partial charge is 0.311 e. The molecular weight excluding hydrogens is 386 g/mol. The van der Waals surface area contributed by atoms with Crippen LogP contribution in [0.1, 0.15) is 38.3 Å². The predicted molar refractivity (Wildman–Crippen MR) is 125 cm³/mol. The van der Waals surface area contributed by atoms with E-state index in [0.29, 0.717) is 18.6 Å². The van der Waals surface area contributed by atoms with Gasteiger partial charge in [0.15, 0.2) is 5.65 Å². The van der Waals surface area contributed by atoms with Gasteiger partial charge in [-0.2, -0.15) is 0 Å². The van der Waals surface area contributed by atoms with Crippen LogP contribution < -0.4 is 11.0 Å².